The number of carbonyl (C=O) groups is 1. The van der Waals surface area contributed by atoms with Crippen molar-refractivity contribution in [3.63, 3.8) is 0 Å². The van der Waals surface area contributed by atoms with Crippen molar-refractivity contribution >= 4 is 11.5 Å². The maximum Gasteiger partial charge on any atom is 0.340 e. The number of aromatic nitrogens is 2. The van der Waals surface area contributed by atoms with Gasteiger partial charge in [0, 0.05) is 12.1 Å². The molecule has 1 saturated carbocycles. The van der Waals surface area contributed by atoms with E-state index >= 15 is 0 Å². The Balaban J connectivity index is 2.05. The third-order valence-corrected chi connectivity index (χ3v) is 3.98. The number of rotatable bonds is 2. The fourth-order valence-corrected chi connectivity index (χ4v) is 2.99. The van der Waals surface area contributed by atoms with Gasteiger partial charge in [-0.05, 0) is 25.0 Å². The Hall–Kier alpha value is -1.84. The van der Waals surface area contributed by atoms with Crippen LogP contribution in [0.2, 0.25) is 0 Å². The van der Waals surface area contributed by atoms with Crippen LogP contribution in [0, 0.1) is 0 Å². The Bertz CT molecular complexity index is 597. The number of hydrogen-bond acceptors (Lipinski definition) is 3. The highest BCUT2D eigenvalue weighted by molar-refractivity contribution is 5.96. The van der Waals surface area contributed by atoms with Gasteiger partial charge in [-0.15, -0.1) is 0 Å². The normalized spacial score (nSPS) is 16.7. The molecule has 0 spiro atoms. The summed E-state index contributed by atoms with van der Waals surface area (Å²) in [6, 6.07) is 3.67. The molecule has 3 rings (SSSR count). The molecule has 0 saturated heterocycles. The largest absolute Gasteiger partial charge is 0.465 e. The summed E-state index contributed by atoms with van der Waals surface area (Å²) >= 11 is 0. The van der Waals surface area contributed by atoms with Crippen molar-refractivity contribution in [2.75, 3.05) is 7.11 Å². The average Bonchev–Trinajstić information content (AvgIpc) is 2.91. The number of carbonyl (C=O) groups excluding carboxylic acids is 1. The van der Waals surface area contributed by atoms with E-state index in [4.69, 9.17) is 4.74 Å². The van der Waals surface area contributed by atoms with Crippen LogP contribution in [0.5, 0.6) is 0 Å². The van der Waals surface area contributed by atoms with Gasteiger partial charge in [-0.3, -0.25) is 0 Å². The molecule has 100 valence electrons. The SMILES string of the molecule is COC(=O)c1cccn2c(C3CCCCC3)ncc12. The zero-order chi connectivity index (χ0) is 13.2. The van der Waals surface area contributed by atoms with Crippen molar-refractivity contribution in [1.82, 2.24) is 9.38 Å². The first-order chi connectivity index (χ1) is 9.31. The van der Waals surface area contributed by atoms with E-state index in [-0.39, 0.29) is 5.97 Å². The second-order valence-corrected chi connectivity index (χ2v) is 5.12. The van der Waals surface area contributed by atoms with Gasteiger partial charge in [0.1, 0.15) is 5.82 Å². The molecule has 0 amide bonds. The zero-order valence-corrected chi connectivity index (χ0v) is 11.1. The molecule has 0 radical (unpaired) electrons. The van der Waals surface area contributed by atoms with E-state index in [0.717, 1.165) is 11.3 Å². The van der Waals surface area contributed by atoms with Crippen molar-refractivity contribution < 1.29 is 9.53 Å². The monoisotopic (exact) mass is 258 g/mol. The smallest absolute Gasteiger partial charge is 0.340 e. The minimum atomic E-state index is -0.305. The topological polar surface area (TPSA) is 43.6 Å². The van der Waals surface area contributed by atoms with Crippen molar-refractivity contribution in [1.29, 1.82) is 0 Å². The van der Waals surface area contributed by atoms with Gasteiger partial charge in [-0.25, -0.2) is 9.78 Å². The van der Waals surface area contributed by atoms with Crippen LogP contribution >= 0.6 is 0 Å². The molecule has 4 heteroatoms. The number of imidazole rings is 1. The first-order valence-corrected chi connectivity index (χ1v) is 6.85. The molecule has 1 fully saturated rings. The van der Waals surface area contributed by atoms with Gasteiger partial charge >= 0.3 is 5.97 Å². The third-order valence-electron chi connectivity index (χ3n) is 3.98. The fourth-order valence-electron chi connectivity index (χ4n) is 2.99. The Morgan fingerprint density at radius 1 is 1.37 bits per heavy atom. The van der Waals surface area contributed by atoms with E-state index in [1.807, 2.05) is 16.7 Å². The molecule has 2 heterocycles. The van der Waals surface area contributed by atoms with Crippen molar-refractivity contribution in [2.45, 2.75) is 38.0 Å². The van der Waals surface area contributed by atoms with Crippen LogP contribution in [0.15, 0.2) is 24.5 Å². The minimum absolute atomic E-state index is 0.305. The van der Waals surface area contributed by atoms with E-state index in [2.05, 4.69) is 4.98 Å². The molecule has 0 unspecified atom stereocenters. The second kappa shape index (κ2) is 5.03. The van der Waals surface area contributed by atoms with Gasteiger partial charge in [0.15, 0.2) is 0 Å². The number of pyridine rings is 1. The van der Waals surface area contributed by atoms with Gasteiger partial charge < -0.3 is 9.14 Å². The fraction of sp³-hybridized carbons (Fsp3) is 0.467. The second-order valence-electron chi connectivity index (χ2n) is 5.12. The van der Waals surface area contributed by atoms with E-state index in [0.29, 0.717) is 11.5 Å². The van der Waals surface area contributed by atoms with Gasteiger partial charge in [0.2, 0.25) is 0 Å². The van der Waals surface area contributed by atoms with Crippen LogP contribution in [-0.2, 0) is 4.74 Å². The van der Waals surface area contributed by atoms with Gasteiger partial charge in [0.25, 0.3) is 0 Å². The van der Waals surface area contributed by atoms with Crippen LogP contribution in [0.1, 0.15) is 54.2 Å². The third kappa shape index (κ3) is 2.11. The predicted octanol–water partition coefficient (Wildman–Crippen LogP) is 3.17. The standard InChI is InChI=1S/C15H18N2O2/c1-19-15(18)12-8-5-9-17-13(12)10-16-14(17)11-6-3-2-4-7-11/h5,8-11H,2-4,6-7H2,1H3. The molecule has 1 aliphatic carbocycles. The highest BCUT2D eigenvalue weighted by Crippen LogP contribution is 2.32. The molecule has 0 N–H and O–H groups in total. The van der Waals surface area contributed by atoms with E-state index in [1.165, 1.54) is 39.2 Å². The molecular formula is C15H18N2O2. The summed E-state index contributed by atoms with van der Waals surface area (Å²) in [5, 5.41) is 0. The number of fused-ring (bicyclic) bond motifs is 1. The highest BCUT2D eigenvalue weighted by Gasteiger charge is 2.21. The Morgan fingerprint density at radius 3 is 2.89 bits per heavy atom. The number of ether oxygens (including phenoxy) is 1. The van der Waals surface area contributed by atoms with Gasteiger partial charge in [-0.1, -0.05) is 19.3 Å². The number of methoxy groups -OCH3 is 1. The van der Waals surface area contributed by atoms with Crippen molar-refractivity contribution in [2.24, 2.45) is 0 Å². The summed E-state index contributed by atoms with van der Waals surface area (Å²) in [4.78, 5) is 16.3. The van der Waals surface area contributed by atoms with E-state index in [9.17, 15) is 4.79 Å². The Kier molecular flexibility index (Phi) is 3.23. The van der Waals surface area contributed by atoms with Gasteiger partial charge in [0.05, 0.1) is 24.4 Å². The Labute approximate surface area is 112 Å². The molecule has 0 bridgehead atoms. The molecule has 2 aromatic rings. The van der Waals surface area contributed by atoms with Crippen LogP contribution in [0.3, 0.4) is 0 Å². The first-order valence-electron chi connectivity index (χ1n) is 6.85. The summed E-state index contributed by atoms with van der Waals surface area (Å²) in [5.41, 5.74) is 1.43. The van der Waals surface area contributed by atoms with E-state index < -0.39 is 0 Å². The highest BCUT2D eigenvalue weighted by atomic mass is 16.5. The lowest BCUT2D eigenvalue weighted by Crippen LogP contribution is -2.09. The summed E-state index contributed by atoms with van der Waals surface area (Å²) in [5.74, 6) is 1.30. The lowest BCUT2D eigenvalue weighted by molar-refractivity contribution is 0.0602. The van der Waals surface area contributed by atoms with Crippen LogP contribution in [-0.4, -0.2) is 22.5 Å². The average molecular weight is 258 g/mol. The summed E-state index contributed by atoms with van der Waals surface area (Å²) < 4.78 is 6.86. The molecule has 0 aliphatic heterocycles. The molecule has 1 aliphatic rings. The first kappa shape index (κ1) is 12.2. The van der Waals surface area contributed by atoms with Crippen LogP contribution in [0.4, 0.5) is 0 Å². The number of esters is 1. The molecule has 0 atom stereocenters. The summed E-state index contributed by atoms with van der Waals surface area (Å²) in [7, 11) is 1.41. The zero-order valence-electron chi connectivity index (χ0n) is 11.1. The van der Waals surface area contributed by atoms with Crippen LogP contribution < -0.4 is 0 Å². The Morgan fingerprint density at radius 2 is 2.16 bits per heavy atom. The molecule has 0 aromatic carbocycles. The lowest BCUT2D eigenvalue weighted by Gasteiger charge is -2.20. The van der Waals surface area contributed by atoms with Crippen molar-refractivity contribution in [3.05, 3.63) is 35.9 Å². The van der Waals surface area contributed by atoms with Gasteiger partial charge in [-0.2, -0.15) is 0 Å². The predicted molar refractivity (Wildman–Crippen MR) is 72.4 cm³/mol. The summed E-state index contributed by atoms with van der Waals surface area (Å²) in [6.07, 6.45) is 10.0. The number of hydrogen-bond donors (Lipinski definition) is 0. The minimum Gasteiger partial charge on any atom is -0.465 e. The molecule has 4 nitrogen and oxygen atoms in total. The van der Waals surface area contributed by atoms with Crippen molar-refractivity contribution in [3.8, 4) is 0 Å². The quantitative estimate of drug-likeness (QED) is 0.777. The summed E-state index contributed by atoms with van der Waals surface area (Å²) in [6.45, 7) is 0. The van der Waals surface area contributed by atoms with E-state index in [1.54, 1.807) is 12.3 Å². The maximum atomic E-state index is 11.7. The molecular weight excluding hydrogens is 240 g/mol. The maximum absolute atomic E-state index is 11.7. The lowest BCUT2D eigenvalue weighted by atomic mass is 9.89. The molecule has 19 heavy (non-hydrogen) atoms. The molecule has 2 aromatic heterocycles. The van der Waals surface area contributed by atoms with Crippen LogP contribution in [0.25, 0.3) is 5.52 Å². The number of nitrogens with zero attached hydrogens (tertiary/aromatic N) is 2.